The molecule has 0 amide bonds. The van der Waals surface area contributed by atoms with Gasteiger partial charge >= 0.3 is 0 Å². The van der Waals surface area contributed by atoms with Crippen molar-refractivity contribution >= 4 is 14.9 Å². The lowest BCUT2D eigenvalue weighted by atomic mass is 9.97. The van der Waals surface area contributed by atoms with Gasteiger partial charge in [0.15, 0.2) is 0 Å². The fourth-order valence-electron chi connectivity index (χ4n) is 1.69. The van der Waals surface area contributed by atoms with E-state index in [1.807, 2.05) is 6.08 Å². The van der Waals surface area contributed by atoms with Crippen LogP contribution in [-0.4, -0.2) is 32.3 Å². The van der Waals surface area contributed by atoms with Crippen LogP contribution in [0.3, 0.4) is 0 Å². The number of allylic oxidation sites excluding steroid dienone is 1. The van der Waals surface area contributed by atoms with Gasteiger partial charge in [0.2, 0.25) is 0 Å². The summed E-state index contributed by atoms with van der Waals surface area (Å²) in [5.74, 6) is 0.664. The molecule has 2 unspecified atom stereocenters. The van der Waals surface area contributed by atoms with E-state index in [1.54, 1.807) is 7.11 Å². The quantitative estimate of drug-likeness (QED) is 0.228. The average molecular weight is 244 g/mol. The van der Waals surface area contributed by atoms with Crippen LogP contribution in [0, 0.1) is 5.92 Å². The minimum absolute atomic E-state index is 0.664. The highest BCUT2D eigenvalue weighted by atomic mass is 31.1. The third kappa shape index (κ3) is 10.3. The highest BCUT2D eigenvalue weighted by Gasteiger charge is 2.05. The molecule has 94 valence electrons. The van der Waals surface area contributed by atoms with Gasteiger partial charge in [-0.15, -0.1) is 15.2 Å². The fraction of sp³-hybridized carbons (Fsp3) is 0.769. The largest absolute Gasteiger partial charge is 0.385 e. The molecule has 0 saturated carbocycles. The molecule has 0 aromatic heterocycles. The first-order valence-electron chi connectivity index (χ1n) is 6.09. The molecule has 0 radical (unpaired) electrons. The summed E-state index contributed by atoms with van der Waals surface area (Å²) in [5.41, 5.74) is 0. The second-order valence-corrected chi connectivity index (χ2v) is 5.52. The fourth-order valence-corrected chi connectivity index (χ4v) is 2.95. The molecule has 16 heavy (non-hydrogen) atoms. The summed E-state index contributed by atoms with van der Waals surface area (Å²) in [5, 5.41) is 0. The van der Waals surface area contributed by atoms with Crippen LogP contribution in [0.2, 0.25) is 0 Å². The van der Waals surface area contributed by atoms with E-state index in [0.717, 1.165) is 34.3 Å². The molecule has 0 heterocycles. The first-order chi connectivity index (χ1) is 7.85. The molecule has 0 aliphatic carbocycles. The Hall–Kier alpha value is -0.200. The number of ether oxygens (including phenoxy) is 1. The van der Waals surface area contributed by atoms with Crippen molar-refractivity contribution in [2.75, 3.05) is 26.0 Å². The number of hydrogen-bond donors (Lipinski definition) is 0. The third-order valence-corrected chi connectivity index (χ3v) is 3.97. The van der Waals surface area contributed by atoms with Gasteiger partial charge in [-0.05, 0) is 43.9 Å². The Kier molecular flexibility index (Phi) is 12.7. The van der Waals surface area contributed by atoms with Crippen molar-refractivity contribution in [3.05, 3.63) is 12.7 Å². The normalized spacial score (nSPS) is 13.1. The van der Waals surface area contributed by atoms with Crippen molar-refractivity contribution in [2.24, 2.45) is 5.92 Å². The molecule has 2 nitrogen and oxygen atoms in total. The Labute approximate surface area is 102 Å². The molecule has 2 atom stereocenters. The molecule has 0 bridgehead atoms. The summed E-state index contributed by atoms with van der Waals surface area (Å²) >= 11 is 0. The smallest absolute Gasteiger partial charge is 0.120 e. The highest BCUT2D eigenvalue weighted by Crippen LogP contribution is 2.21. The van der Waals surface area contributed by atoms with E-state index in [2.05, 4.69) is 6.58 Å². The van der Waals surface area contributed by atoms with Gasteiger partial charge < -0.3 is 9.53 Å². The Morgan fingerprint density at radius 2 is 2.19 bits per heavy atom. The molecule has 0 saturated heterocycles. The SMILES string of the molecule is C=CCC(CCC=O)CCPCCCOC. The predicted molar refractivity (Wildman–Crippen MR) is 72.8 cm³/mol. The molecule has 3 heteroatoms. The Bertz CT molecular complexity index is 171. The lowest BCUT2D eigenvalue weighted by molar-refractivity contribution is -0.108. The molecule has 0 aromatic carbocycles. The Morgan fingerprint density at radius 3 is 2.81 bits per heavy atom. The van der Waals surface area contributed by atoms with E-state index in [9.17, 15) is 4.79 Å². The minimum atomic E-state index is 0.664. The molecular weight excluding hydrogens is 219 g/mol. The van der Waals surface area contributed by atoms with Gasteiger partial charge in [0, 0.05) is 20.1 Å². The highest BCUT2D eigenvalue weighted by molar-refractivity contribution is 7.37. The summed E-state index contributed by atoms with van der Waals surface area (Å²) in [4.78, 5) is 10.3. The van der Waals surface area contributed by atoms with Crippen LogP contribution in [0.5, 0.6) is 0 Å². The maximum atomic E-state index is 10.3. The lowest BCUT2D eigenvalue weighted by Gasteiger charge is -2.13. The van der Waals surface area contributed by atoms with Gasteiger partial charge in [0.25, 0.3) is 0 Å². The van der Waals surface area contributed by atoms with Crippen molar-refractivity contribution in [3.8, 4) is 0 Å². The molecule has 0 aliphatic rings. The number of methoxy groups -OCH3 is 1. The van der Waals surface area contributed by atoms with E-state index in [1.165, 1.54) is 25.2 Å². The van der Waals surface area contributed by atoms with Crippen molar-refractivity contribution in [1.29, 1.82) is 0 Å². The number of hydrogen-bond acceptors (Lipinski definition) is 2. The third-order valence-electron chi connectivity index (χ3n) is 2.62. The van der Waals surface area contributed by atoms with E-state index in [-0.39, 0.29) is 0 Å². The Morgan fingerprint density at radius 1 is 1.38 bits per heavy atom. The zero-order valence-electron chi connectivity index (χ0n) is 10.4. The summed E-state index contributed by atoms with van der Waals surface area (Å²) in [7, 11) is 2.79. The predicted octanol–water partition coefficient (Wildman–Crippen LogP) is 3.26. The number of carbonyl (C=O) groups is 1. The van der Waals surface area contributed by atoms with Crippen LogP contribution in [-0.2, 0) is 9.53 Å². The standard InChI is InChI=1S/C13H25O2P/c1-3-6-13(7-4-9-14)8-12-16-11-5-10-15-2/h3,9,13,16H,1,4-8,10-12H2,2H3. The zero-order valence-corrected chi connectivity index (χ0v) is 11.4. The average Bonchev–Trinajstić information content (AvgIpc) is 2.30. The number of carbonyl (C=O) groups excluding carboxylic acids is 1. The van der Waals surface area contributed by atoms with Crippen molar-refractivity contribution in [3.63, 3.8) is 0 Å². The van der Waals surface area contributed by atoms with E-state index >= 15 is 0 Å². The molecular formula is C13H25O2P. The lowest BCUT2D eigenvalue weighted by Crippen LogP contribution is -2.01. The van der Waals surface area contributed by atoms with Gasteiger partial charge in [-0.1, -0.05) is 6.08 Å². The van der Waals surface area contributed by atoms with Gasteiger partial charge in [0.05, 0.1) is 0 Å². The van der Waals surface area contributed by atoms with E-state index < -0.39 is 0 Å². The van der Waals surface area contributed by atoms with E-state index in [0.29, 0.717) is 12.3 Å². The summed E-state index contributed by atoms with van der Waals surface area (Å²) in [6.07, 6.45) is 10.8. The monoisotopic (exact) mass is 244 g/mol. The van der Waals surface area contributed by atoms with Crippen LogP contribution in [0.15, 0.2) is 12.7 Å². The topological polar surface area (TPSA) is 26.3 Å². The summed E-state index contributed by atoms with van der Waals surface area (Å²) < 4.78 is 5.01. The molecule has 0 fully saturated rings. The number of rotatable bonds is 12. The van der Waals surface area contributed by atoms with E-state index in [4.69, 9.17) is 4.74 Å². The first-order valence-corrected chi connectivity index (χ1v) is 7.50. The first kappa shape index (κ1) is 15.8. The van der Waals surface area contributed by atoms with Gasteiger partial charge in [-0.25, -0.2) is 0 Å². The molecule has 0 rings (SSSR count). The van der Waals surface area contributed by atoms with Crippen LogP contribution >= 0.6 is 8.58 Å². The van der Waals surface area contributed by atoms with Crippen LogP contribution in [0.1, 0.15) is 32.1 Å². The van der Waals surface area contributed by atoms with Crippen LogP contribution in [0.4, 0.5) is 0 Å². The zero-order chi connectivity index (χ0) is 12.1. The van der Waals surface area contributed by atoms with Crippen molar-refractivity contribution in [2.45, 2.75) is 32.1 Å². The van der Waals surface area contributed by atoms with Gasteiger partial charge in [-0.2, -0.15) is 0 Å². The molecule has 0 spiro atoms. The summed E-state index contributed by atoms with van der Waals surface area (Å²) in [6, 6.07) is 0. The second kappa shape index (κ2) is 12.9. The maximum absolute atomic E-state index is 10.3. The van der Waals surface area contributed by atoms with Crippen LogP contribution < -0.4 is 0 Å². The minimum Gasteiger partial charge on any atom is -0.385 e. The van der Waals surface area contributed by atoms with Crippen molar-refractivity contribution in [1.82, 2.24) is 0 Å². The molecule has 0 aliphatic heterocycles. The van der Waals surface area contributed by atoms with Gasteiger partial charge in [0.1, 0.15) is 6.29 Å². The summed E-state index contributed by atoms with van der Waals surface area (Å²) in [6.45, 7) is 4.66. The maximum Gasteiger partial charge on any atom is 0.120 e. The molecule has 0 aromatic rings. The van der Waals surface area contributed by atoms with Crippen molar-refractivity contribution < 1.29 is 9.53 Å². The molecule has 0 N–H and O–H groups in total. The number of aldehydes is 1. The Balaban J connectivity index is 3.43. The van der Waals surface area contributed by atoms with Gasteiger partial charge in [-0.3, -0.25) is 0 Å². The second-order valence-electron chi connectivity index (χ2n) is 4.02. The van der Waals surface area contributed by atoms with Crippen LogP contribution in [0.25, 0.3) is 0 Å².